The Balaban J connectivity index is 1.34. The Morgan fingerprint density at radius 1 is 0.875 bits per heavy atom. The van der Waals surface area contributed by atoms with Gasteiger partial charge in [-0.2, -0.15) is 0 Å². The van der Waals surface area contributed by atoms with Gasteiger partial charge in [0.1, 0.15) is 6.23 Å². The lowest BCUT2D eigenvalue weighted by atomic mass is 10.0. The van der Waals surface area contributed by atoms with E-state index in [1.807, 2.05) is 0 Å². The standard InChI is InChI=1S/C26H47N3O3/c1-2-3-4-5-6-7-8-9-10-11-12-13-14-15-16-20-27-22-23-17-18-25(32-23)29-21-19-24(30)28-26(29)31/h19,21,23,25,27H,2-18,20,22H2,1H3,(H,28,30,31). The fraction of sp³-hybridized carbons (Fsp3) is 0.846. The van der Waals surface area contributed by atoms with Crippen LogP contribution in [-0.2, 0) is 4.74 Å². The molecule has 1 aromatic rings. The van der Waals surface area contributed by atoms with Crippen LogP contribution in [0.5, 0.6) is 0 Å². The van der Waals surface area contributed by atoms with Crippen LogP contribution in [0.1, 0.15) is 122 Å². The molecule has 1 saturated heterocycles. The lowest BCUT2D eigenvalue weighted by Gasteiger charge is -2.16. The highest BCUT2D eigenvalue weighted by molar-refractivity contribution is 4.86. The van der Waals surface area contributed by atoms with E-state index in [0.29, 0.717) is 0 Å². The molecule has 0 spiro atoms. The van der Waals surface area contributed by atoms with Gasteiger partial charge in [0.15, 0.2) is 0 Å². The Hall–Kier alpha value is -1.40. The molecule has 2 unspecified atom stereocenters. The second kappa shape index (κ2) is 17.1. The number of ether oxygens (including phenoxy) is 1. The third kappa shape index (κ3) is 11.5. The highest BCUT2D eigenvalue weighted by atomic mass is 16.5. The van der Waals surface area contributed by atoms with Gasteiger partial charge in [0.25, 0.3) is 5.56 Å². The van der Waals surface area contributed by atoms with E-state index < -0.39 is 5.69 Å². The first-order chi connectivity index (χ1) is 15.7. The molecule has 1 fully saturated rings. The molecule has 0 aromatic carbocycles. The molecule has 32 heavy (non-hydrogen) atoms. The summed E-state index contributed by atoms with van der Waals surface area (Å²) in [7, 11) is 0. The van der Waals surface area contributed by atoms with E-state index in [1.54, 1.807) is 0 Å². The number of hydrogen-bond acceptors (Lipinski definition) is 4. The Morgan fingerprint density at radius 3 is 2.00 bits per heavy atom. The lowest BCUT2D eigenvalue weighted by Crippen LogP contribution is -2.32. The van der Waals surface area contributed by atoms with Crippen LogP contribution in [0.25, 0.3) is 0 Å². The number of H-pyrrole nitrogens is 1. The largest absolute Gasteiger partial charge is 0.353 e. The first kappa shape index (κ1) is 26.8. The normalized spacial score (nSPS) is 18.4. The van der Waals surface area contributed by atoms with Crippen LogP contribution in [0.4, 0.5) is 0 Å². The predicted molar refractivity (Wildman–Crippen MR) is 132 cm³/mol. The van der Waals surface area contributed by atoms with E-state index >= 15 is 0 Å². The van der Waals surface area contributed by atoms with Gasteiger partial charge in [0.05, 0.1) is 6.10 Å². The summed E-state index contributed by atoms with van der Waals surface area (Å²) in [5.74, 6) is 0. The smallest absolute Gasteiger partial charge is 0.330 e. The van der Waals surface area contributed by atoms with Crippen molar-refractivity contribution in [2.24, 2.45) is 0 Å². The summed E-state index contributed by atoms with van der Waals surface area (Å²) in [5.41, 5.74) is -0.764. The monoisotopic (exact) mass is 449 g/mol. The van der Waals surface area contributed by atoms with Gasteiger partial charge in [-0.25, -0.2) is 4.79 Å². The van der Waals surface area contributed by atoms with Crippen molar-refractivity contribution in [3.63, 3.8) is 0 Å². The molecule has 0 amide bonds. The zero-order chi connectivity index (χ0) is 22.9. The third-order valence-corrected chi connectivity index (χ3v) is 6.58. The first-order valence-corrected chi connectivity index (χ1v) is 13.4. The number of nitrogens with zero attached hydrogens (tertiary/aromatic N) is 1. The van der Waals surface area contributed by atoms with Crippen molar-refractivity contribution in [3.05, 3.63) is 33.1 Å². The number of nitrogens with one attached hydrogen (secondary N) is 2. The summed E-state index contributed by atoms with van der Waals surface area (Å²) >= 11 is 0. The summed E-state index contributed by atoms with van der Waals surface area (Å²) < 4.78 is 7.46. The van der Waals surface area contributed by atoms with E-state index in [4.69, 9.17) is 4.74 Å². The minimum Gasteiger partial charge on any atom is -0.353 e. The van der Waals surface area contributed by atoms with Gasteiger partial charge in [-0.1, -0.05) is 96.8 Å². The summed E-state index contributed by atoms with van der Waals surface area (Å²) in [5, 5.41) is 3.50. The number of hydrogen-bond donors (Lipinski definition) is 2. The molecule has 0 bridgehead atoms. The summed E-state index contributed by atoms with van der Waals surface area (Å²) in [6.45, 7) is 4.14. The van der Waals surface area contributed by atoms with E-state index in [-0.39, 0.29) is 17.9 Å². The Bertz CT molecular complexity index is 700. The van der Waals surface area contributed by atoms with Crippen molar-refractivity contribution in [1.29, 1.82) is 0 Å². The topological polar surface area (TPSA) is 76.1 Å². The van der Waals surface area contributed by atoms with E-state index in [0.717, 1.165) is 25.9 Å². The molecular formula is C26H47N3O3. The molecule has 1 aliphatic rings. The van der Waals surface area contributed by atoms with Crippen LogP contribution in [-0.4, -0.2) is 28.7 Å². The second-order valence-electron chi connectivity index (χ2n) is 9.46. The highest BCUT2D eigenvalue weighted by Gasteiger charge is 2.26. The maximum absolute atomic E-state index is 11.9. The van der Waals surface area contributed by atoms with E-state index in [9.17, 15) is 9.59 Å². The summed E-state index contributed by atoms with van der Waals surface area (Å²) in [4.78, 5) is 25.3. The number of rotatable bonds is 19. The molecule has 184 valence electrons. The fourth-order valence-corrected chi connectivity index (χ4v) is 4.58. The molecule has 2 heterocycles. The van der Waals surface area contributed by atoms with Crippen molar-refractivity contribution >= 4 is 0 Å². The van der Waals surface area contributed by atoms with Crippen LogP contribution in [0.2, 0.25) is 0 Å². The van der Waals surface area contributed by atoms with Gasteiger partial charge >= 0.3 is 5.69 Å². The van der Waals surface area contributed by atoms with E-state index in [1.165, 1.54) is 113 Å². The molecule has 2 N–H and O–H groups in total. The minimum absolute atomic E-state index is 0.134. The summed E-state index contributed by atoms with van der Waals surface area (Å²) in [6.07, 6.45) is 24.0. The van der Waals surface area contributed by atoms with Gasteiger partial charge in [0, 0.05) is 18.8 Å². The van der Waals surface area contributed by atoms with Gasteiger partial charge in [-0.05, 0) is 25.8 Å². The van der Waals surface area contributed by atoms with Crippen LogP contribution < -0.4 is 16.6 Å². The van der Waals surface area contributed by atoms with Crippen molar-refractivity contribution in [2.45, 2.75) is 128 Å². The number of unbranched alkanes of at least 4 members (excludes halogenated alkanes) is 14. The molecule has 6 heteroatoms. The average Bonchev–Trinajstić information content (AvgIpc) is 3.24. The highest BCUT2D eigenvalue weighted by Crippen LogP contribution is 2.26. The SMILES string of the molecule is CCCCCCCCCCCCCCCCCNCC1CCC(n2ccc(=O)[nH]c2=O)O1. The first-order valence-electron chi connectivity index (χ1n) is 13.4. The molecule has 6 nitrogen and oxygen atoms in total. The van der Waals surface area contributed by atoms with Crippen LogP contribution in [0.3, 0.4) is 0 Å². The predicted octanol–water partition coefficient (Wildman–Crippen LogP) is 5.68. The van der Waals surface area contributed by atoms with Gasteiger partial charge in [-0.3, -0.25) is 14.3 Å². The van der Waals surface area contributed by atoms with Gasteiger partial charge in [0.2, 0.25) is 0 Å². The average molecular weight is 450 g/mol. The van der Waals surface area contributed by atoms with Crippen molar-refractivity contribution in [1.82, 2.24) is 14.9 Å². The molecule has 0 saturated carbocycles. The molecule has 2 atom stereocenters. The van der Waals surface area contributed by atoms with Crippen molar-refractivity contribution in [3.8, 4) is 0 Å². The summed E-state index contributed by atoms with van der Waals surface area (Å²) in [6, 6.07) is 1.37. The number of aromatic nitrogens is 2. The van der Waals surface area contributed by atoms with Crippen molar-refractivity contribution in [2.75, 3.05) is 13.1 Å². The fourth-order valence-electron chi connectivity index (χ4n) is 4.58. The molecule has 0 aliphatic carbocycles. The Kier molecular flexibility index (Phi) is 14.4. The zero-order valence-corrected chi connectivity index (χ0v) is 20.4. The van der Waals surface area contributed by atoms with Crippen LogP contribution in [0.15, 0.2) is 21.9 Å². The van der Waals surface area contributed by atoms with Gasteiger partial charge in [-0.15, -0.1) is 0 Å². The molecule has 1 aliphatic heterocycles. The maximum atomic E-state index is 11.9. The molecule has 0 radical (unpaired) electrons. The van der Waals surface area contributed by atoms with E-state index in [2.05, 4.69) is 17.2 Å². The minimum atomic E-state index is -0.395. The molecule has 2 rings (SSSR count). The van der Waals surface area contributed by atoms with Crippen LogP contribution in [0, 0.1) is 0 Å². The molecule has 1 aromatic heterocycles. The Morgan fingerprint density at radius 2 is 1.44 bits per heavy atom. The zero-order valence-electron chi connectivity index (χ0n) is 20.4. The number of aromatic amines is 1. The quantitative estimate of drug-likeness (QED) is 0.267. The lowest BCUT2D eigenvalue weighted by molar-refractivity contribution is 0.0000719. The second-order valence-corrected chi connectivity index (χ2v) is 9.46. The van der Waals surface area contributed by atoms with Crippen LogP contribution >= 0.6 is 0 Å². The third-order valence-electron chi connectivity index (χ3n) is 6.58. The Labute approximate surface area is 194 Å². The van der Waals surface area contributed by atoms with Gasteiger partial charge < -0.3 is 10.1 Å². The molecular weight excluding hydrogens is 402 g/mol. The maximum Gasteiger partial charge on any atom is 0.330 e. The van der Waals surface area contributed by atoms with Crippen molar-refractivity contribution < 1.29 is 4.74 Å².